The highest BCUT2D eigenvalue weighted by atomic mass is 16.5. The molecule has 2 N–H and O–H groups in total. The number of piperidine rings is 1. The molecule has 2 atom stereocenters. The van der Waals surface area contributed by atoms with Crippen molar-refractivity contribution in [2.24, 2.45) is 11.7 Å². The lowest BCUT2D eigenvalue weighted by atomic mass is 10.1. The first-order chi connectivity index (χ1) is 10.7. The van der Waals surface area contributed by atoms with E-state index >= 15 is 0 Å². The molecule has 2 aliphatic rings. The predicted octanol–water partition coefficient (Wildman–Crippen LogP) is 2.82. The third-order valence-electron chi connectivity index (χ3n) is 4.91. The summed E-state index contributed by atoms with van der Waals surface area (Å²) in [7, 11) is 0. The minimum atomic E-state index is 0.128. The highest BCUT2D eigenvalue weighted by molar-refractivity contribution is 5.94. The Morgan fingerprint density at radius 2 is 2.00 bits per heavy atom. The van der Waals surface area contributed by atoms with Crippen molar-refractivity contribution in [1.29, 1.82) is 0 Å². The maximum atomic E-state index is 12.5. The highest BCUT2D eigenvalue weighted by Crippen LogP contribution is 2.25. The molecule has 1 amide bonds. The molecule has 0 aromatic heterocycles. The summed E-state index contributed by atoms with van der Waals surface area (Å²) >= 11 is 0. The number of carbonyl (C=O) groups excluding carboxylic acids is 1. The van der Waals surface area contributed by atoms with Gasteiger partial charge in [-0.05, 0) is 50.3 Å². The third kappa shape index (κ3) is 3.61. The van der Waals surface area contributed by atoms with E-state index in [1.807, 2.05) is 29.2 Å². The average molecular weight is 302 g/mol. The zero-order valence-electron chi connectivity index (χ0n) is 13.2. The summed E-state index contributed by atoms with van der Waals surface area (Å²) in [5.74, 6) is 1.35. The quantitative estimate of drug-likeness (QED) is 0.930. The second-order valence-electron chi connectivity index (χ2n) is 6.55. The molecule has 1 aromatic rings. The fourth-order valence-electron chi connectivity index (χ4n) is 3.47. The lowest BCUT2D eigenvalue weighted by Crippen LogP contribution is -2.35. The molecule has 4 heteroatoms. The molecule has 0 spiro atoms. The van der Waals surface area contributed by atoms with Crippen molar-refractivity contribution < 1.29 is 9.53 Å². The minimum absolute atomic E-state index is 0.128. The second kappa shape index (κ2) is 7.14. The van der Waals surface area contributed by atoms with Crippen LogP contribution >= 0.6 is 0 Å². The van der Waals surface area contributed by atoms with Crippen molar-refractivity contribution in [3.63, 3.8) is 0 Å². The fourth-order valence-corrected chi connectivity index (χ4v) is 3.47. The molecule has 4 nitrogen and oxygen atoms in total. The van der Waals surface area contributed by atoms with Gasteiger partial charge in [0.05, 0.1) is 6.61 Å². The van der Waals surface area contributed by atoms with Crippen LogP contribution in [0.25, 0.3) is 0 Å². The Balaban J connectivity index is 1.60. The summed E-state index contributed by atoms with van der Waals surface area (Å²) in [6, 6.07) is 7.84. The van der Waals surface area contributed by atoms with Gasteiger partial charge in [0.25, 0.3) is 5.91 Å². The van der Waals surface area contributed by atoms with Gasteiger partial charge < -0.3 is 15.4 Å². The van der Waals surface area contributed by atoms with Crippen molar-refractivity contribution in [3.8, 4) is 5.75 Å². The van der Waals surface area contributed by atoms with Crippen LogP contribution < -0.4 is 10.5 Å². The van der Waals surface area contributed by atoms with Crippen molar-refractivity contribution in [2.75, 3.05) is 19.7 Å². The van der Waals surface area contributed by atoms with Gasteiger partial charge >= 0.3 is 0 Å². The molecule has 1 aliphatic heterocycles. The SMILES string of the molecule is N[C@H]1CCC[C@@H]1COc1cccc(C(=O)N2CCCCC2)c1. The van der Waals surface area contributed by atoms with Crippen LogP contribution in [0, 0.1) is 5.92 Å². The summed E-state index contributed by atoms with van der Waals surface area (Å²) in [6.45, 7) is 2.41. The fraction of sp³-hybridized carbons (Fsp3) is 0.611. The topological polar surface area (TPSA) is 55.6 Å². The van der Waals surface area contributed by atoms with Gasteiger partial charge in [0.1, 0.15) is 5.75 Å². The standard InChI is InChI=1S/C18H26N2O2/c19-17-9-5-7-15(17)13-22-16-8-4-6-14(12-16)18(21)20-10-2-1-3-11-20/h4,6,8,12,15,17H,1-3,5,7,9-11,13,19H2/t15-,17+/m1/s1. The highest BCUT2D eigenvalue weighted by Gasteiger charge is 2.24. The molecule has 0 bridgehead atoms. The van der Waals surface area contributed by atoms with E-state index in [0.29, 0.717) is 12.5 Å². The Hall–Kier alpha value is -1.55. The number of ether oxygens (including phenoxy) is 1. The van der Waals surface area contributed by atoms with Crippen LogP contribution in [0.3, 0.4) is 0 Å². The summed E-state index contributed by atoms with van der Waals surface area (Å²) in [5.41, 5.74) is 6.81. The van der Waals surface area contributed by atoms with E-state index in [1.165, 1.54) is 12.8 Å². The molecule has 1 saturated heterocycles. The number of carbonyl (C=O) groups is 1. The number of likely N-dealkylation sites (tertiary alicyclic amines) is 1. The molecule has 0 radical (unpaired) electrons. The van der Waals surface area contributed by atoms with Crippen molar-refractivity contribution in [1.82, 2.24) is 4.90 Å². The summed E-state index contributed by atoms with van der Waals surface area (Å²) in [4.78, 5) is 14.5. The molecule has 22 heavy (non-hydrogen) atoms. The first kappa shape index (κ1) is 15.3. The Morgan fingerprint density at radius 1 is 1.18 bits per heavy atom. The van der Waals surface area contributed by atoms with Gasteiger partial charge in [-0.25, -0.2) is 0 Å². The number of nitrogens with two attached hydrogens (primary N) is 1. The van der Waals surface area contributed by atoms with Crippen LogP contribution in [-0.4, -0.2) is 36.5 Å². The van der Waals surface area contributed by atoms with E-state index in [4.69, 9.17) is 10.5 Å². The van der Waals surface area contributed by atoms with Gasteiger partial charge in [-0.1, -0.05) is 12.5 Å². The number of benzene rings is 1. The first-order valence-corrected chi connectivity index (χ1v) is 8.52. The molecule has 120 valence electrons. The Bertz CT molecular complexity index is 512. The van der Waals surface area contributed by atoms with E-state index in [0.717, 1.165) is 50.1 Å². The molecule has 0 unspecified atom stereocenters. The Labute approximate surface area is 132 Å². The van der Waals surface area contributed by atoms with Gasteiger partial charge in [0.2, 0.25) is 0 Å². The molecule has 1 saturated carbocycles. The van der Waals surface area contributed by atoms with Crippen LogP contribution in [0.1, 0.15) is 48.9 Å². The van der Waals surface area contributed by atoms with Crippen LogP contribution in [0.4, 0.5) is 0 Å². The summed E-state index contributed by atoms with van der Waals surface area (Å²) < 4.78 is 5.89. The number of amides is 1. The van der Waals surface area contributed by atoms with E-state index in [2.05, 4.69) is 0 Å². The van der Waals surface area contributed by atoms with Gasteiger partial charge in [-0.2, -0.15) is 0 Å². The van der Waals surface area contributed by atoms with Gasteiger partial charge in [0, 0.05) is 30.6 Å². The number of rotatable bonds is 4. The van der Waals surface area contributed by atoms with E-state index in [-0.39, 0.29) is 11.9 Å². The molecular weight excluding hydrogens is 276 g/mol. The molecule has 2 fully saturated rings. The van der Waals surface area contributed by atoms with E-state index < -0.39 is 0 Å². The molecule has 3 rings (SSSR count). The largest absolute Gasteiger partial charge is 0.493 e. The number of hydrogen-bond acceptors (Lipinski definition) is 3. The van der Waals surface area contributed by atoms with E-state index in [9.17, 15) is 4.79 Å². The molecule has 1 aromatic carbocycles. The van der Waals surface area contributed by atoms with Crippen LogP contribution in [0.5, 0.6) is 5.75 Å². The van der Waals surface area contributed by atoms with Crippen molar-refractivity contribution in [2.45, 2.75) is 44.6 Å². The Morgan fingerprint density at radius 3 is 2.73 bits per heavy atom. The number of hydrogen-bond donors (Lipinski definition) is 1. The van der Waals surface area contributed by atoms with Crippen LogP contribution in [0.15, 0.2) is 24.3 Å². The zero-order valence-corrected chi connectivity index (χ0v) is 13.2. The average Bonchev–Trinajstić information content (AvgIpc) is 2.98. The zero-order chi connectivity index (χ0) is 15.4. The molecule has 1 aliphatic carbocycles. The first-order valence-electron chi connectivity index (χ1n) is 8.52. The lowest BCUT2D eigenvalue weighted by Gasteiger charge is -2.26. The summed E-state index contributed by atoms with van der Waals surface area (Å²) in [6.07, 6.45) is 6.90. The van der Waals surface area contributed by atoms with Gasteiger partial charge in [-0.3, -0.25) is 4.79 Å². The summed E-state index contributed by atoms with van der Waals surface area (Å²) in [5, 5.41) is 0. The molecular formula is C18H26N2O2. The van der Waals surface area contributed by atoms with Gasteiger partial charge in [-0.15, -0.1) is 0 Å². The maximum absolute atomic E-state index is 12.5. The monoisotopic (exact) mass is 302 g/mol. The maximum Gasteiger partial charge on any atom is 0.253 e. The van der Waals surface area contributed by atoms with Crippen LogP contribution in [-0.2, 0) is 0 Å². The second-order valence-corrected chi connectivity index (χ2v) is 6.55. The van der Waals surface area contributed by atoms with Crippen molar-refractivity contribution >= 4 is 5.91 Å². The third-order valence-corrected chi connectivity index (χ3v) is 4.91. The molecule has 1 heterocycles. The normalized spacial score (nSPS) is 25.2. The lowest BCUT2D eigenvalue weighted by molar-refractivity contribution is 0.0723. The van der Waals surface area contributed by atoms with Crippen LogP contribution in [0.2, 0.25) is 0 Å². The van der Waals surface area contributed by atoms with Gasteiger partial charge in [0.15, 0.2) is 0 Å². The minimum Gasteiger partial charge on any atom is -0.493 e. The number of nitrogens with zero attached hydrogens (tertiary/aromatic N) is 1. The van der Waals surface area contributed by atoms with E-state index in [1.54, 1.807) is 0 Å². The van der Waals surface area contributed by atoms with Crippen molar-refractivity contribution in [3.05, 3.63) is 29.8 Å². The predicted molar refractivity (Wildman–Crippen MR) is 87.0 cm³/mol. The Kier molecular flexibility index (Phi) is 4.98. The smallest absolute Gasteiger partial charge is 0.253 e.